The van der Waals surface area contributed by atoms with Crippen molar-refractivity contribution < 1.29 is 19.1 Å². The van der Waals surface area contributed by atoms with Crippen LogP contribution in [0.5, 0.6) is 5.75 Å². The summed E-state index contributed by atoms with van der Waals surface area (Å²) in [5.74, 6) is -1.88. The molecule has 0 aliphatic rings. The zero-order valence-electron chi connectivity index (χ0n) is 17.0. The number of nitrogens with one attached hydrogen (secondary N) is 1. The van der Waals surface area contributed by atoms with Gasteiger partial charge in [-0.15, -0.1) is 0 Å². The van der Waals surface area contributed by atoms with Crippen molar-refractivity contribution in [2.24, 2.45) is 7.05 Å². The molecule has 0 unspecified atom stereocenters. The van der Waals surface area contributed by atoms with Crippen LogP contribution in [0.15, 0.2) is 35.3 Å². The number of aryl methyl sites for hydroxylation is 1. The fourth-order valence-corrected chi connectivity index (χ4v) is 3.31. The maximum Gasteiger partial charge on any atom is 0.267 e. The van der Waals surface area contributed by atoms with E-state index in [-0.39, 0.29) is 28.8 Å². The van der Waals surface area contributed by atoms with Crippen LogP contribution in [0.25, 0.3) is 11.0 Å². The van der Waals surface area contributed by atoms with Crippen LogP contribution >= 0.6 is 0 Å². The van der Waals surface area contributed by atoms with Crippen molar-refractivity contribution >= 4 is 22.7 Å². The van der Waals surface area contributed by atoms with Crippen LogP contribution in [0.2, 0.25) is 0 Å². The summed E-state index contributed by atoms with van der Waals surface area (Å²) in [6.45, 7) is 3.62. The van der Waals surface area contributed by atoms with E-state index in [4.69, 9.17) is 0 Å². The van der Waals surface area contributed by atoms with Crippen molar-refractivity contribution in [2.75, 3.05) is 6.54 Å². The minimum Gasteiger partial charge on any atom is -0.505 e. The highest BCUT2D eigenvalue weighted by Gasteiger charge is 2.22. The molecule has 2 heterocycles. The number of fused-ring (bicyclic) bond motifs is 1. The van der Waals surface area contributed by atoms with Gasteiger partial charge in [0.2, 0.25) is 0 Å². The molecule has 2 N–H and O–H groups in total. The molecule has 1 aromatic carbocycles. The van der Waals surface area contributed by atoms with Crippen LogP contribution in [0.4, 0.5) is 4.39 Å². The SMILES string of the molecule is CCCNC(=O)c1c(O)c2ncc(Cc3ccc(F)cc3C(C)=O)cc2n(C)c1=O. The second-order valence-electron chi connectivity index (χ2n) is 7.09. The number of benzene rings is 1. The largest absolute Gasteiger partial charge is 0.505 e. The molecule has 8 heteroatoms. The van der Waals surface area contributed by atoms with E-state index in [9.17, 15) is 23.9 Å². The van der Waals surface area contributed by atoms with Gasteiger partial charge >= 0.3 is 0 Å². The van der Waals surface area contributed by atoms with Gasteiger partial charge in [-0.3, -0.25) is 19.4 Å². The first-order chi connectivity index (χ1) is 14.2. The van der Waals surface area contributed by atoms with Crippen LogP contribution in [-0.4, -0.2) is 32.9 Å². The smallest absolute Gasteiger partial charge is 0.267 e. The zero-order chi connectivity index (χ0) is 22.0. The second-order valence-corrected chi connectivity index (χ2v) is 7.09. The van der Waals surface area contributed by atoms with Crippen LogP contribution in [0.1, 0.15) is 52.1 Å². The number of halogens is 1. The number of amides is 1. The Kier molecular flexibility index (Phi) is 5.96. The Bertz CT molecular complexity index is 1220. The average Bonchev–Trinajstić information content (AvgIpc) is 2.71. The van der Waals surface area contributed by atoms with Crippen LogP contribution in [0, 0.1) is 5.82 Å². The van der Waals surface area contributed by atoms with Gasteiger partial charge in [-0.05, 0) is 49.1 Å². The number of aromatic hydroxyl groups is 1. The lowest BCUT2D eigenvalue weighted by atomic mass is 9.98. The lowest BCUT2D eigenvalue weighted by Gasteiger charge is -2.13. The number of hydrogen-bond donors (Lipinski definition) is 2. The Morgan fingerprint density at radius 2 is 2.00 bits per heavy atom. The number of hydrogen-bond acceptors (Lipinski definition) is 5. The van der Waals surface area contributed by atoms with Crippen molar-refractivity contribution in [1.29, 1.82) is 0 Å². The third-order valence-corrected chi connectivity index (χ3v) is 4.87. The monoisotopic (exact) mass is 411 g/mol. The summed E-state index contributed by atoms with van der Waals surface area (Å²) in [4.78, 5) is 41.1. The first kappa shape index (κ1) is 21.2. The van der Waals surface area contributed by atoms with Gasteiger partial charge in [-0.25, -0.2) is 4.39 Å². The molecule has 30 heavy (non-hydrogen) atoms. The molecular formula is C22H22FN3O4. The summed E-state index contributed by atoms with van der Waals surface area (Å²) in [7, 11) is 1.49. The van der Waals surface area contributed by atoms with E-state index in [0.29, 0.717) is 29.6 Å². The second kappa shape index (κ2) is 8.44. The molecule has 0 radical (unpaired) electrons. The molecule has 0 spiro atoms. The molecule has 156 valence electrons. The minimum absolute atomic E-state index is 0.119. The van der Waals surface area contributed by atoms with E-state index >= 15 is 0 Å². The Morgan fingerprint density at radius 3 is 2.67 bits per heavy atom. The third-order valence-electron chi connectivity index (χ3n) is 4.87. The fourth-order valence-electron chi connectivity index (χ4n) is 3.31. The van der Waals surface area contributed by atoms with E-state index in [1.807, 2.05) is 6.92 Å². The maximum atomic E-state index is 13.5. The molecule has 2 aromatic heterocycles. The quantitative estimate of drug-likeness (QED) is 0.608. The van der Waals surface area contributed by atoms with Gasteiger partial charge < -0.3 is 15.0 Å². The number of ketones is 1. The van der Waals surface area contributed by atoms with Gasteiger partial charge in [0.1, 0.15) is 16.9 Å². The Hall–Kier alpha value is -3.55. The topological polar surface area (TPSA) is 101 Å². The standard InChI is InChI=1S/C22H22FN3O4/c1-4-7-24-21(29)18-20(28)19-17(26(3)22(18)30)9-13(11-25-19)8-14-5-6-15(23)10-16(14)12(2)27/h5-6,9-11,28H,4,7-8H2,1-3H3,(H,24,29). The molecule has 3 aromatic rings. The van der Waals surface area contributed by atoms with Crippen molar-refractivity contribution in [2.45, 2.75) is 26.7 Å². The Balaban J connectivity index is 2.08. The van der Waals surface area contributed by atoms with E-state index in [1.54, 1.807) is 6.07 Å². The predicted molar refractivity (Wildman–Crippen MR) is 110 cm³/mol. The predicted octanol–water partition coefficient (Wildman–Crippen LogP) is 2.71. The van der Waals surface area contributed by atoms with Gasteiger partial charge in [-0.2, -0.15) is 0 Å². The third kappa shape index (κ3) is 3.94. The summed E-state index contributed by atoms with van der Waals surface area (Å²) in [6.07, 6.45) is 2.47. The highest BCUT2D eigenvalue weighted by Crippen LogP contribution is 2.26. The molecule has 0 atom stereocenters. The number of aromatic nitrogens is 2. The molecule has 0 fully saturated rings. The van der Waals surface area contributed by atoms with Crippen molar-refractivity contribution in [1.82, 2.24) is 14.9 Å². The number of nitrogens with zero attached hydrogens (tertiary/aromatic N) is 2. The number of Topliss-reactive ketones (excluding diaryl/α,β-unsaturated/α-hetero) is 1. The number of pyridine rings is 2. The van der Waals surface area contributed by atoms with Crippen molar-refractivity contribution in [3.63, 3.8) is 0 Å². The molecule has 7 nitrogen and oxygen atoms in total. The Morgan fingerprint density at radius 1 is 1.27 bits per heavy atom. The highest BCUT2D eigenvalue weighted by molar-refractivity contribution is 6.01. The van der Waals surface area contributed by atoms with Gasteiger partial charge in [0, 0.05) is 25.4 Å². The number of carbonyl (C=O) groups excluding carboxylic acids is 2. The summed E-state index contributed by atoms with van der Waals surface area (Å²) < 4.78 is 14.8. The van der Waals surface area contributed by atoms with Crippen LogP contribution in [0.3, 0.4) is 0 Å². The lowest BCUT2D eigenvalue weighted by molar-refractivity contribution is 0.0948. The first-order valence-electron chi connectivity index (χ1n) is 9.52. The first-order valence-corrected chi connectivity index (χ1v) is 9.52. The van der Waals surface area contributed by atoms with E-state index in [1.165, 1.54) is 42.9 Å². The van der Waals surface area contributed by atoms with Crippen molar-refractivity contribution in [3.05, 3.63) is 68.9 Å². The molecule has 0 bridgehead atoms. The Labute approximate surface area is 172 Å². The summed E-state index contributed by atoms with van der Waals surface area (Å²) in [6, 6.07) is 5.66. The van der Waals surface area contributed by atoms with Crippen molar-refractivity contribution in [3.8, 4) is 5.75 Å². The summed E-state index contributed by atoms with van der Waals surface area (Å²) >= 11 is 0. The highest BCUT2D eigenvalue weighted by atomic mass is 19.1. The summed E-state index contributed by atoms with van der Waals surface area (Å²) in [5, 5.41) is 13.1. The molecule has 0 saturated carbocycles. The van der Waals surface area contributed by atoms with E-state index in [2.05, 4.69) is 10.3 Å². The molecular weight excluding hydrogens is 389 g/mol. The molecule has 1 amide bonds. The van der Waals surface area contributed by atoms with Crippen LogP contribution < -0.4 is 10.9 Å². The molecule has 0 aliphatic heterocycles. The van der Waals surface area contributed by atoms with Gasteiger partial charge in [0.05, 0.1) is 5.52 Å². The molecule has 0 saturated heterocycles. The maximum absolute atomic E-state index is 13.5. The normalized spacial score (nSPS) is 10.9. The summed E-state index contributed by atoms with van der Waals surface area (Å²) in [5.41, 5.74) is 1.02. The minimum atomic E-state index is -0.653. The van der Waals surface area contributed by atoms with Gasteiger partial charge in [-0.1, -0.05) is 13.0 Å². The zero-order valence-corrected chi connectivity index (χ0v) is 17.0. The van der Waals surface area contributed by atoms with E-state index < -0.39 is 23.0 Å². The fraction of sp³-hybridized carbons (Fsp3) is 0.273. The molecule has 3 rings (SSSR count). The van der Waals surface area contributed by atoms with Gasteiger partial charge in [0.25, 0.3) is 11.5 Å². The lowest BCUT2D eigenvalue weighted by Crippen LogP contribution is -2.33. The number of rotatable bonds is 6. The van der Waals surface area contributed by atoms with Crippen LogP contribution in [-0.2, 0) is 13.5 Å². The van der Waals surface area contributed by atoms with Gasteiger partial charge in [0.15, 0.2) is 11.5 Å². The van der Waals surface area contributed by atoms with E-state index in [0.717, 1.165) is 0 Å². The molecule has 0 aliphatic carbocycles. The average molecular weight is 411 g/mol. The number of carbonyl (C=O) groups is 2.